The van der Waals surface area contributed by atoms with Gasteiger partial charge < -0.3 is 20.4 Å². The Balaban J connectivity index is 1.56. The highest BCUT2D eigenvalue weighted by atomic mass is 79.9. The first-order valence-electron chi connectivity index (χ1n) is 13.6. The highest BCUT2D eigenvalue weighted by Crippen LogP contribution is 2.36. The number of alkyl halides is 3. The number of halogens is 4. The Morgan fingerprint density at radius 1 is 1.20 bits per heavy atom. The topological polar surface area (TPSA) is 138 Å². The van der Waals surface area contributed by atoms with Gasteiger partial charge in [-0.05, 0) is 63.6 Å². The highest BCUT2D eigenvalue weighted by molar-refractivity contribution is 9.10. The SMILES string of the molecule is Cc1cc(C)n(-c2nc3c(c(=O)n2-c2ccc(NCC(O)CO)nc2)CC(C)N(C(=O)c2ccc(Br)c(C(F)(F)F)c2)C3)n1. The van der Waals surface area contributed by atoms with Gasteiger partial charge in [-0.3, -0.25) is 9.59 Å². The van der Waals surface area contributed by atoms with E-state index >= 15 is 0 Å². The highest BCUT2D eigenvalue weighted by Gasteiger charge is 2.36. The summed E-state index contributed by atoms with van der Waals surface area (Å²) < 4.78 is 43.3. The molecule has 1 aliphatic heterocycles. The first-order chi connectivity index (χ1) is 20.8. The van der Waals surface area contributed by atoms with Crippen LogP contribution in [0.1, 0.15) is 45.5 Å². The zero-order valence-corrected chi connectivity index (χ0v) is 25.5. The number of aromatic nitrogens is 5. The minimum Gasteiger partial charge on any atom is -0.394 e. The molecule has 1 amide bonds. The molecule has 11 nitrogen and oxygen atoms in total. The van der Waals surface area contributed by atoms with Crippen molar-refractivity contribution < 1.29 is 28.2 Å². The van der Waals surface area contributed by atoms with Crippen molar-refractivity contribution in [3.8, 4) is 11.6 Å². The molecule has 15 heteroatoms. The molecule has 0 saturated heterocycles. The number of benzene rings is 1. The summed E-state index contributed by atoms with van der Waals surface area (Å²) in [4.78, 5) is 38.2. The minimum atomic E-state index is -4.65. The summed E-state index contributed by atoms with van der Waals surface area (Å²) in [5.41, 5.74) is 0.972. The monoisotopic (exact) mass is 675 g/mol. The van der Waals surface area contributed by atoms with Gasteiger partial charge in [-0.2, -0.15) is 18.3 Å². The van der Waals surface area contributed by atoms with Crippen LogP contribution in [-0.2, 0) is 19.1 Å². The quantitative estimate of drug-likeness (QED) is 0.270. The molecule has 4 heterocycles. The second-order valence-corrected chi connectivity index (χ2v) is 11.5. The number of carbonyl (C=O) groups is 1. The number of pyridine rings is 1. The number of nitrogens with one attached hydrogen (secondary N) is 1. The molecule has 44 heavy (non-hydrogen) atoms. The van der Waals surface area contributed by atoms with Gasteiger partial charge in [0.25, 0.3) is 11.5 Å². The van der Waals surface area contributed by atoms with Crippen LogP contribution in [0.15, 0.2) is 51.9 Å². The first-order valence-corrected chi connectivity index (χ1v) is 14.4. The van der Waals surface area contributed by atoms with Gasteiger partial charge in [0.15, 0.2) is 0 Å². The van der Waals surface area contributed by atoms with Crippen LogP contribution in [0.25, 0.3) is 11.6 Å². The fourth-order valence-corrected chi connectivity index (χ4v) is 5.55. The summed E-state index contributed by atoms with van der Waals surface area (Å²) in [6.07, 6.45) is -4.03. The largest absolute Gasteiger partial charge is 0.417 e. The number of carbonyl (C=O) groups excluding carboxylic acids is 1. The van der Waals surface area contributed by atoms with Crippen LogP contribution in [0, 0.1) is 13.8 Å². The second-order valence-electron chi connectivity index (χ2n) is 10.6. The Bertz CT molecular complexity index is 1770. The van der Waals surface area contributed by atoms with Gasteiger partial charge in [0.1, 0.15) is 5.82 Å². The predicted octanol–water partition coefficient (Wildman–Crippen LogP) is 3.56. The normalized spacial score (nSPS) is 15.7. The van der Waals surface area contributed by atoms with Gasteiger partial charge in [-0.25, -0.2) is 19.2 Å². The molecule has 3 N–H and O–H groups in total. The number of fused-ring (bicyclic) bond motifs is 1. The molecule has 0 saturated carbocycles. The standard InChI is InChI=1S/C29H29BrF3N7O4/c1-15-8-17(3)40(37-15)28-36-24-13-38(26(43)18-4-6-23(30)22(10-18)29(31,32)33)16(2)9-21(24)27(44)39(28)19-5-7-25(34-11-19)35-12-20(42)14-41/h4-8,10-11,16,20,41-42H,9,12-14H2,1-3H3,(H,34,35). The average molecular weight is 676 g/mol. The number of anilines is 1. The van der Waals surface area contributed by atoms with Gasteiger partial charge >= 0.3 is 6.18 Å². The fourth-order valence-electron chi connectivity index (χ4n) is 5.08. The third kappa shape index (κ3) is 6.12. The summed E-state index contributed by atoms with van der Waals surface area (Å²) in [5.74, 6) is -0.0433. The summed E-state index contributed by atoms with van der Waals surface area (Å²) in [5, 5.41) is 26.1. The van der Waals surface area contributed by atoms with Crippen LogP contribution >= 0.6 is 15.9 Å². The van der Waals surface area contributed by atoms with Crippen molar-refractivity contribution in [1.82, 2.24) is 29.2 Å². The van der Waals surface area contributed by atoms with E-state index in [2.05, 4.69) is 31.3 Å². The number of rotatable bonds is 7. The third-order valence-corrected chi connectivity index (χ3v) is 8.00. The summed E-state index contributed by atoms with van der Waals surface area (Å²) in [6, 6.07) is 7.91. The second kappa shape index (κ2) is 12.1. The Hall–Kier alpha value is -4.08. The minimum absolute atomic E-state index is 0.0745. The van der Waals surface area contributed by atoms with E-state index < -0.39 is 42.0 Å². The smallest absolute Gasteiger partial charge is 0.394 e. The molecule has 1 aromatic carbocycles. The number of amides is 1. The molecule has 0 bridgehead atoms. The van der Waals surface area contributed by atoms with Crippen LogP contribution in [0.2, 0.25) is 0 Å². The van der Waals surface area contributed by atoms with Crippen molar-refractivity contribution in [2.75, 3.05) is 18.5 Å². The average Bonchev–Trinajstić information content (AvgIpc) is 3.32. The van der Waals surface area contributed by atoms with E-state index in [1.54, 1.807) is 32.9 Å². The Labute approximate surface area is 258 Å². The molecule has 2 unspecified atom stereocenters. The fraction of sp³-hybridized carbons (Fsp3) is 0.345. The van der Waals surface area contributed by atoms with Crippen LogP contribution in [0.4, 0.5) is 19.0 Å². The van der Waals surface area contributed by atoms with Crippen LogP contribution in [0.3, 0.4) is 0 Å². The molecule has 1 aliphatic rings. The lowest BCUT2D eigenvalue weighted by Crippen LogP contribution is -2.46. The molecule has 0 radical (unpaired) electrons. The molecular weight excluding hydrogens is 647 g/mol. The molecule has 3 aromatic heterocycles. The van der Waals surface area contributed by atoms with E-state index in [0.29, 0.717) is 34.2 Å². The number of aryl methyl sites for hydroxylation is 2. The van der Waals surface area contributed by atoms with Crippen LogP contribution in [-0.4, -0.2) is 70.6 Å². The third-order valence-electron chi connectivity index (χ3n) is 7.31. The number of hydrogen-bond acceptors (Lipinski definition) is 8. The van der Waals surface area contributed by atoms with Crippen molar-refractivity contribution >= 4 is 27.7 Å². The van der Waals surface area contributed by atoms with Gasteiger partial charge in [0.2, 0.25) is 5.95 Å². The van der Waals surface area contributed by atoms with Crippen molar-refractivity contribution in [3.63, 3.8) is 0 Å². The molecular formula is C29H29BrF3N7O4. The zero-order chi connectivity index (χ0) is 31.9. The van der Waals surface area contributed by atoms with Crippen molar-refractivity contribution in [1.29, 1.82) is 0 Å². The molecule has 0 spiro atoms. The van der Waals surface area contributed by atoms with Gasteiger partial charge in [0.05, 0.1) is 48.1 Å². The Morgan fingerprint density at radius 2 is 1.95 bits per heavy atom. The van der Waals surface area contributed by atoms with Crippen molar-refractivity contribution in [2.45, 2.75) is 52.1 Å². The summed E-state index contributed by atoms with van der Waals surface area (Å²) in [6.45, 7) is 4.90. The van der Waals surface area contributed by atoms with E-state index in [1.165, 1.54) is 32.5 Å². The van der Waals surface area contributed by atoms with Gasteiger partial charge in [-0.1, -0.05) is 15.9 Å². The number of aliphatic hydroxyl groups is 2. The lowest BCUT2D eigenvalue weighted by Gasteiger charge is -2.34. The van der Waals surface area contributed by atoms with Gasteiger partial charge in [-0.15, -0.1) is 0 Å². The van der Waals surface area contributed by atoms with E-state index in [9.17, 15) is 27.9 Å². The van der Waals surface area contributed by atoms with Gasteiger partial charge in [0, 0.05) is 33.9 Å². The van der Waals surface area contributed by atoms with Crippen molar-refractivity contribution in [2.24, 2.45) is 0 Å². The number of hydrogen-bond donors (Lipinski definition) is 3. The van der Waals surface area contributed by atoms with E-state index in [4.69, 9.17) is 10.1 Å². The maximum absolute atomic E-state index is 14.1. The lowest BCUT2D eigenvalue weighted by molar-refractivity contribution is -0.138. The Morgan fingerprint density at radius 3 is 2.57 bits per heavy atom. The Kier molecular flexibility index (Phi) is 8.64. The molecule has 4 aromatic rings. The summed E-state index contributed by atoms with van der Waals surface area (Å²) >= 11 is 2.91. The zero-order valence-electron chi connectivity index (χ0n) is 23.9. The van der Waals surface area contributed by atoms with E-state index in [1.807, 2.05) is 6.07 Å². The van der Waals surface area contributed by atoms with Crippen LogP contribution in [0.5, 0.6) is 0 Å². The molecule has 0 aliphatic carbocycles. The number of nitrogens with zero attached hydrogens (tertiary/aromatic N) is 6. The maximum Gasteiger partial charge on any atom is 0.417 e. The lowest BCUT2D eigenvalue weighted by atomic mass is 9.98. The van der Waals surface area contributed by atoms with Crippen molar-refractivity contribution in [3.05, 3.63) is 91.2 Å². The molecule has 2 atom stereocenters. The van der Waals surface area contributed by atoms with E-state index in [0.717, 1.165) is 6.07 Å². The van der Waals surface area contributed by atoms with Crippen LogP contribution < -0.4 is 10.9 Å². The summed E-state index contributed by atoms with van der Waals surface area (Å²) in [7, 11) is 0. The first kappa shape index (κ1) is 31.3. The molecule has 0 fully saturated rings. The predicted molar refractivity (Wildman–Crippen MR) is 158 cm³/mol. The number of aliphatic hydroxyl groups excluding tert-OH is 2. The van der Waals surface area contributed by atoms with E-state index in [-0.39, 0.29) is 35.5 Å². The maximum atomic E-state index is 14.1. The molecule has 232 valence electrons. The molecule has 5 rings (SSSR count).